The average molecular weight is 236 g/mol. The van der Waals surface area contributed by atoms with Gasteiger partial charge in [0.15, 0.2) is 0 Å². The van der Waals surface area contributed by atoms with Gasteiger partial charge in [-0.1, -0.05) is 39.0 Å². The summed E-state index contributed by atoms with van der Waals surface area (Å²) in [5.41, 5.74) is 0. The largest absolute Gasteiger partial charge is 0.383 e. The first-order chi connectivity index (χ1) is 7.35. The molecular weight excluding hydrogens is 210 g/mol. The van der Waals surface area contributed by atoms with Crippen molar-refractivity contribution in [3.05, 3.63) is 0 Å². The molecule has 0 spiro atoms. The Labute approximate surface area is 99.7 Å². The summed E-state index contributed by atoms with van der Waals surface area (Å²) < 4.78 is 5.06. The molecule has 0 aliphatic heterocycles. The highest BCUT2D eigenvalue weighted by Crippen LogP contribution is 2.04. The third-order valence-corrected chi connectivity index (χ3v) is 2.89. The Morgan fingerprint density at radius 1 is 1.13 bits per heavy atom. The summed E-state index contributed by atoms with van der Waals surface area (Å²) >= 11 is 5.79. The predicted molar refractivity (Wildman–Crippen MR) is 67.8 cm³/mol. The minimum atomic E-state index is 0.312. The summed E-state index contributed by atoms with van der Waals surface area (Å²) in [6.07, 6.45) is 8.02. The van der Waals surface area contributed by atoms with E-state index in [-0.39, 0.29) is 0 Å². The van der Waals surface area contributed by atoms with E-state index in [1.807, 2.05) is 0 Å². The van der Waals surface area contributed by atoms with Crippen LogP contribution in [0, 0.1) is 0 Å². The molecule has 15 heavy (non-hydrogen) atoms. The van der Waals surface area contributed by atoms with E-state index >= 15 is 0 Å². The van der Waals surface area contributed by atoms with E-state index < -0.39 is 0 Å². The Morgan fingerprint density at radius 2 is 1.80 bits per heavy atom. The fourth-order valence-electron chi connectivity index (χ4n) is 1.57. The number of rotatable bonds is 11. The highest BCUT2D eigenvalue weighted by molar-refractivity contribution is 6.18. The Bertz CT molecular complexity index is 122. The monoisotopic (exact) mass is 235 g/mol. The van der Waals surface area contributed by atoms with Crippen LogP contribution in [0.5, 0.6) is 0 Å². The van der Waals surface area contributed by atoms with Crippen LogP contribution in [-0.2, 0) is 4.74 Å². The van der Waals surface area contributed by atoms with E-state index in [2.05, 4.69) is 12.2 Å². The van der Waals surface area contributed by atoms with Crippen LogP contribution in [0.15, 0.2) is 0 Å². The first-order valence-electron chi connectivity index (χ1n) is 6.13. The molecule has 0 amide bonds. The van der Waals surface area contributed by atoms with Crippen LogP contribution in [0.3, 0.4) is 0 Å². The number of halogens is 1. The molecule has 1 unspecified atom stereocenters. The summed E-state index contributed by atoms with van der Waals surface area (Å²) in [6, 6.07) is 0.312. The van der Waals surface area contributed by atoms with Crippen LogP contribution in [0.4, 0.5) is 0 Å². The smallest absolute Gasteiger partial charge is 0.0627 e. The van der Waals surface area contributed by atoms with Gasteiger partial charge in [-0.3, -0.25) is 0 Å². The molecule has 0 aliphatic carbocycles. The minimum Gasteiger partial charge on any atom is -0.383 e. The molecule has 0 heterocycles. The standard InChI is InChI=1S/C12H26ClNO/c1-3-4-5-6-7-8-9-14-12(10-13)11-15-2/h12,14H,3-11H2,1-2H3. The number of unbranched alkanes of at least 4 members (excludes halogenated alkanes) is 5. The number of hydrogen-bond donors (Lipinski definition) is 1. The molecule has 2 nitrogen and oxygen atoms in total. The average Bonchev–Trinajstić information content (AvgIpc) is 2.26. The molecule has 0 rings (SSSR count). The summed E-state index contributed by atoms with van der Waals surface area (Å²) in [5.74, 6) is 0.629. The third-order valence-electron chi connectivity index (χ3n) is 2.52. The number of alkyl halides is 1. The Hall–Kier alpha value is 0.210. The number of hydrogen-bond acceptors (Lipinski definition) is 2. The molecule has 0 aliphatic rings. The van der Waals surface area contributed by atoms with Crippen LogP contribution in [0.1, 0.15) is 45.4 Å². The molecule has 1 N–H and O–H groups in total. The molecule has 0 saturated carbocycles. The van der Waals surface area contributed by atoms with Gasteiger partial charge in [-0.2, -0.15) is 0 Å². The van der Waals surface area contributed by atoms with E-state index in [1.54, 1.807) is 7.11 Å². The van der Waals surface area contributed by atoms with E-state index in [0.717, 1.165) is 6.54 Å². The molecule has 0 bridgehead atoms. The maximum atomic E-state index is 5.79. The lowest BCUT2D eigenvalue weighted by Gasteiger charge is -2.14. The second-order valence-corrected chi connectivity index (χ2v) is 4.34. The maximum Gasteiger partial charge on any atom is 0.0627 e. The molecule has 0 aromatic carbocycles. The first-order valence-corrected chi connectivity index (χ1v) is 6.66. The van der Waals surface area contributed by atoms with Crippen molar-refractivity contribution < 1.29 is 4.74 Å². The number of nitrogens with one attached hydrogen (secondary N) is 1. The summed E-state index contributed by atoms with van der Waals surface area (Å²) in [4.78, 5) is 0. The van der Waals surface area contributed by atoms with Gasteiger partial charge in [-0.25, -0.2) is 0 Å². The van der Waals surface area contributed by atoms with Gasteiger partial charge in [-0.05, 0) is 13.0 Å². The highest BCUT2D eigenvalue weighted by Gasteiger charge is 2.04. The van der Waals surface area contributed by atoms with Gasteiger partial charge in [0.1, 0.15) is 0 Å². The molecule has 0 aromatic rings. The van der Waals surface area contributed by atoms with Gasteiger partial charge in [0.05, 0.1) is 6.61 Å². The van der Waals surface area contributed by atoms with Crippen LogP contribution in [-0.4, -0.2) is 32.2 Å². The fraction of sp³-hybridized carbons (Fsp3) is 1.00. The van der Waals surface area contributed by atoms with Crippen molar-refractivity contribution in [1.82, 2.24) is 5.32 Å². The fourth-order valence-corrected chi connectivity index (χ4v) is 1.77. The lowest BCUT2D eigenvalue weighted by Crippen LogP contribution is -2.35. The van der Waals surface area contributed by atoms with Gasteiger partial charge >= 0.3 is 0 Å². The van der Waals surface area contributed by atoms with E-state index in [0.29, 0.717) is 18.5 Å². The van der Waals surface area contributed by atoms with Gasteiger partial charge in [0.2, 0.25) is 0 Å². The Balaban J connectivity index is 3.14. The quantitative estimate of drug-likeness (QED) is 0.439. The SMILES string of the molecule is CCCCCCCCNC(CCl)COC. The Kier molecular flexibility index (Phi) is 12.5. The molecular formula is C12H26ClNO. The van der Waals surface area contributed by atoms with E-state index in [4.69, 9.17) is 16.3 Å². The minimum absolute atomic E-state index is 0.312. The molecule has 92 valence electrons. The number of ether oxygens (including phenoxy) is 1. The topological polar surface area (TPSA) is 21.3 Å². The second-order valence-electron chi connectivity index (χ2n) is 4.03. The van der Waals surface area contributed by atoms with Crippen molar-refractivity contribution in [2.75, 3.05) is 26.1 Å². The highest BCUT2D eigenvalue weighted by atomic mass is 35.5. The molecule has 0 aromatic heterocycles. The summed E-state index contributed by atoms with van der Waals surface area (Å²) in [7, 11) is 1.71. The second kappa shape index (κ2) is 12.3. The molecule has 3 heteroatoms. The lowest BCUT2D eigenvalue weighted by molar-refractivity contribution is 0.173. The zero-order valence-electron chi connectivity index (χ0n) is 10.2. The van der Waals surface area contributed by atoms with Crippen LogP contribution >= 0.6 is 11.6 Å². The van der Waals surface area contributed by atoms with Gasteiger partial charge in [-0.15, -0.1) is 11.6 Å². The zero-order valence-corrected chi connectivity index (χ0v) is 11.0. The van der Waals surface area contributed by atoms with Crippen molar-refractivity contribution in [1.29, 1.82) is 0 Å². The molecule has 0 radical (unpaired) electrons. The van der Waals surface area contributed by atoms with Crippen molar-refractivity contribution in [3.8, 4) is 0 Å². The zero-order chi connectivity index (χ0) is 11.4. The van der Waals surface area contributed by atoms with Gasteiger partial charge in [0.25, 0.3) is 0 Å². The van der Waals surface area contributed by atoms with Crippen molar-refractivity contribution in [3.63, 3.8) is 0 Å². The van der Waals surface area contributed by atoms with Crippen LogP contribution < -0.4 is 5.32 Å². The van der Waals surface area contributed by atoms with Crippen molar-refractivity contribution in [2.45, 2.75) is 51.5 Å². The van der Waals surface area contributed by atoms with E-state index in [9.17, 15) is 0 Å². The van der Waals surface area contributed by atoms with Crippen LogP contribution in [0.2, 0.25) is 0 Å². The van der Waals surface area contributed by atoms with Crippen LogP contribution in [0.25, 0.3) is 0 Å². The third kappa shape index (κ3) is 10.5. The van der Waals surface area contributed by atoms with Crippen molar-refractivity contribution in [2.24, 2.45) is 0 Å². The first kappa shape index (κ1) is 15.2. The predicted octanol–water partition coefficient (Wildman–Crippen LogP) is 3.19. The molecule has 1 atom stereocenters. The summed E-state index contributed by atoms with van der Waals surface area (Å²) in [6.45, 7) is 4.02. The normalized spacial score (nSPS) is 13.0. The Morgan fingerprint density at radius 3 is 2.40 bits per heavy atom. The maximum absolute atomic E-state index is 5.79. The summed E-state index contributed by atoms with van der Waals surface area (Å²) in [5, 5.41) is 3.40. The molecule has 0 fully saturated rings. The van der Waals surface area contributed by atoms with Gasteiger partial charge < -0.3 is 10.1 Å². The lowest BCUT2D eigenvalue weighted by atomic mass is 10.1. The molecule has 0 saturated heterocycles. The van der Waals surface area contributed by atoms with Gasteiger partial charge in [0, 0.05) is 19.0 Å². The van der Waals surface area contributed by atoms with Crippen molar-refractivity contribution >= 4 is 11.6 Å². The van der Waals surface area contributed by atoms with E-state index in [1.165, 1.54) is 38.5 Å². The number of methoxy groups -OCH3 is 1.